The van der Waals surface area contributed by atoms with Crippen LogP contribution in [0.2, 0.25) is 0 Å². The minimum atomic E-state index is 0.198. The first kappa shape index (κ1) is 24.0. The molecule has 2 aliphatic rings. The highest BCUT2D eigenvalue weighted by Gasteiger charge is 2.26. The van der Waals surface area contributed by atoms with Crippen molar-refractivity contribution in [2.45, 2.75) is 84.1 Å². The van der Waals surface area contributed by atoms with E-state index >= 15 is 0 Å². The van der Waals surface area contributed by atoms with Crippen molar-refractivity contribution in [3.8, 4) is 0 Å². The molecule has 0 aromatic rings. The second-order valence-electron chi connectivity index (χ2n) is 8.72. The van der Waals surface area contributed by atoms with Gasteiger partial charge in [-0.1, -0.05) is 26.7 Å². The highest BCUT2D eigenvalue weighted by Crippen LogP contribution is 2.17. The average Bonchev–Trinajstić information content (AvgIpc) is 2.77. The molecule has 0 unspecified atom stereocenters. The van der Waals surface area contributed by atoms with Gasteiger partial charge in [0.15, 0.2) is 5.96 Å². The number of nitrogens with zero attached hydrogens (tertiary/aromatic N) is 3. The number of carbonyl (C=O) groups is 1. The molecule has 6 nitrogen and oxygen atoms in total. The number of aliphatic imine (C=N–C) groups is 1. The molecular weight excluding hydrogens is 362 g/mol. The van der Waals surface area contributed by atoms with Crippen molar-refractivity contribution in [1.29, 1.82) is 0 Å². The lowest BCUT2D eigenvalue weighted by atomic mass is 9.98. The van der Waals surface area contributed by atoms with Gasteiger partial charge in [-0.05, 0) is 71.0 Å². The molecule has 0 bridgehead atoms. The van der Waals surface area contributed by atoms with E-state index in [-0.39, 0.29) is 5.92 Å². The van der Waals surface area contributed by atoms with E-state index in [4.69, 9.17) is 0 Å². The fourth-order valence-corrected chi connectivity index (χ4v) is 4.56. The molecule has 0 spiro atoms. The summed E-state index contributed by atoms with van der Waals surface area (Å²) in [5.41, 5.74) is 0. The zero-order valence-corrected chi connectivity index (χ0v) is 19.2. The predicted molar refractivity (Wildman–Crippen MR) is 122 cm³/mol. The van der Waals surface area contributed by atoms with Gasteiger partial charge in [0.2, 0.25) is 5.91 Å². The van der Waals surface area contributed by atoms with E-state index in [0.29, 0.717) is 11.9 Å². The Morgan fingerprint density at radius 3 is 2.31 bits per heavy atom. The van der Waals surface area contributed by atoms with Gasteiger partial charge in [-0.15, -0.1) is 0 Å². The number of unbranched alkanes of at least 4 members (excludes halogenated alkanes) is 2. The lowest BCUT2D eigenvalue weighted by molar-refractivity contribution is -0.136. The fourth-order valence-electron chi connectivity index (χ4n) is 4.56. The van der Waals surface area contributed by atoms with Crippen molar-refractivity contribution < 1.29 is 4.79 Å². The number of likely N-dealkylation sites (tertiary alicyclic amines) is 2. The van der Waals surface area contributed by atoms with Crippen molar-refractivity contribution in [3.05, 3.63) is 0 Å². The van der Waals surface area contributed by atoms with Crippen LogP contribution in [0.5, 0.6) is 0 Å². The maximum Gasteiger partial charge on any atom is 0.225 e. The predicted octanol–water partition coefficient (Wildman–Crippen LogP) is 3.23. The van der Waals surface area contributed by atoms with Gasteiger partial charge in [0.05, 0.1) is 0 Å². The van der Waals surface area contributed by atoms with E-state index in [1.807, 2.05) is 7.05 Å². The minimum Gasteiger partial charge on any atom is -0.356 e. The van der Waals surface area contributed by atoms with E-state index in [1.165, 1.54) is 58.2 Å². The van der Waals surface area contributed by atoms with E-state index in [0.717, 1.165) is 51.3 Å². The second kappa shape index (κ2) is 13.8. The molecule has 0 radical (unpaired) electrons. The van der Waals surface area contributed by atoms with Gasteiger partial charge in [-0.25, -0.2) is 0 Å². The Morgan fingerprint density at radius 2 is 1.69 bits per heavy atom. The molecule has 0 aromatic heterocycles. The van der Waals surface area contributed by atoms with Crippen molar-refractivity contribution in [2.75, 3.05) is 46.3 Å². The maximum absolute atomic E-state index is 12.5. The van der Waals surface area contributed by atoms with E-state index in [9.17, 15) is 4.79 Å². The summed E-state index contributed by atoms with van der Waals surface area (Å²) in [6, 6.07) is 0.408. The first-order valence-corrected chi connectivity index (χ1v) is 12.2. The summed E-state index contributed by atoms with van der Waals surface area (Å²) in [6.45, 7) is 10.8. The number of nitrogens with one attached hydrogen (secondary N) is 2. The van der Waals surface area contributed by atoms with Crippen LogP contribution in [-0.4, -0.2) is 74.0 Å². The molecule has 2 N–H and O–H groups in total. The van der Waals surface area contributed by atoms with Crippen LogP contribution >= 0.6 is 0 Å². The Bertz CT molecular complexity index is 478. The third kappa shape index (κ3) is 8.53. The molecule has 168 valence electrons. The quantitative estimate of drug-likeness (QED) is 0.332. The molecule has 6 heteroatoms. The van der Waals surface area contributed by atoms with Crippen LogP contribution in [0, 0.1) is 5.92 Å². The van der Waals surface area contributed by atoms with Crippen LogP contribution in [-0.2, 0) is 4.79 Å². The van der Waals surface area contributed by atoms with Gasteiger partial charge in [-0.3, -0.25) is 9.79 Å². The Hall–Kier alpha value is -1.30. The molecule has 2 aliphatic heterocycles. The molecule has 29 heavy (non-hydrogen) atoms. The van der Waals surface area contributed by atoms with Crippen molar-refractivity contribution in [2.24, 2.45) is 10.9 Å². The summed E-state index contributed by atoms with van der Waals surface area (Å²) in [4.78, 5) is 21.6. The Kier molecular flexibility index (Phi) is 11.4. The van der Waals surface area contributed by atoms with Crippen LogP contribution < -0.4 is 10.6 Å². The molecule has 0 saturated carbocycles. The van der Waals surface area contributed by atoms with Gasteiger partial charge in [0, 0.05) is 38.6 Å². The topological polar surface area (TPSA) is 60.0 Å². The van der Waals surface area contributed by atoms with Gasteiger partial charge in [0.1, 0.15) is 0 Å². The standard InChI is InChI=1S/C23H45N5O/c1-4-20(5-2)22(29)28-18-12-21(13-19-28)26-23(24-3)25-14-8-6-9-15-27-16-10-7-11-17-27/h20-21H,4-19H2,1-3H3,(H2,24,25,26). The zero-order valence-electron chi connectivity index (χ0n) is 19.2. The van der Waals surface area contributed by atoms with Crippen molar-refractivity contribution in [1.82, 2.24) is 20.4 Å². The number of hydrogen-bond donors (Lipinski definition) is 2. The first-order valence-electron chi connectivity index (χ1n) is 12.2. The fraction of sp³-hybridized carbons (Fsp3) is 0.913. The summed E-state index contributed by atoms with van der Waals surface area (Å²) in [5.74, 6) is 1.45. The van der Waals surface area contributed by atoms with Gasteiger partial charge in [-0.2, -0.15) is 0 Å². The number of carbonyl (C=O) groups excluding carboxylic acids is 1. The molecule has 2 rings (SSSR count). The highest BCUT2D eigenvalue weighted by atomic mass is 16.2. The van der Waals surface area contributed by atoms with E-state index in [2.05, 4.69) is 39.3 Å². The molecule has 0 atom stereocenters. The van der Waals surface area contributed by atoms with Crippen molar-refractivity contribution >= 4 is 11.9 Å². The van der Waals surface area contributed by atoms with E-state index < -0.39 is 0 Å². The van der Waals surface area contributed by atoms with Gasteiger partial charge >= 0.3 is 0 Å². The van der Waals surface area contributed by atoms with Crippen LogP contribution in [0.15, 0.2) is 4.99 Å². The summed E-state index contributed by atoms with van der Waals surface area (Å²) in [5, 5.41) is 7.03. The van der Waals surface area contributed by atoms with Gasteiger partial charge in [0.25, 0.3) is 0 Å². The maximum atomic E-state index is 12.5. The minimum absolute atomic E-state index is 0.198. The summed E-state index contributed by atoms with van der Waals surface area (Å²) in [6.07, 6.45) is 11.8. The largest absolute Gasteiger partial charge is 0.356 e. The zero-order chi connectivity index (χ0) is 20.9. The van der Waals surface area contributed by atoms with E-state index in [1.54, 1.807) is 0 Å². The average molecular weight is 408 g/mol. The number of piperidine rings is 2. The lowest BCUT2D eigenvalue weighted by Gasteiger charge is -2.34. The van der Waals surface area contributed by atoms with Crippen LogP contribution in [0.25, 0.3) is 0 Å². The van der Waals surface area contributed by atoms with Crippen LogP contribution in [0.4, 0.5) is 0 Å². The number of rotatable bonds is 10. The summed E-state index contributed by atoms with van der Waals surface area (Å²) in [7, 11) is 1.84. The SMILES string of the molecule is CCC(CC)C(=O)N1CCC(NC(=NC)NCCCCCN2CCCCC2)CC1. The number of guanidine groups is 1. The monoisotopic (exact) mass is 407 g/mol. The molecule has 1 amide bonds. The summed E-state index contributed by atoms with van der Waals surface area (Å²) >= 11 is 0. The summed E-state index contributed by atoms with van der Waals surface area (Å²) < 4.78 is 0. The molecule has 2 heterocycles. The highest BCUT2D eigenvalue weighted by molar-refractivity contribution is 5.80. The third-order valence-electron chi connectivity index (χ3n) is 6.60. The molecule has 2 saturated heterocycles. The smallest absolute Gasteiger partial charge is 0.225 e. The number of hydrogen-bond acceptors (Lipinski definition) is 3. The third-order valence-corrected chi connectivity index (χ3v) is 6.60. The lowest BCUT2D eigenvalue weighted by Crippen LogP contribution is -2.50. The van der Waals surface area contributed by atoms with Crippen molar-refractivity contribution in [3.63, 3.8) is 0 Å². The molecule has 2 fully saturated rings. The molecule has 0 aliphatic carbocycles. The molecular formula is C23H45N5O. The second-order valence-corrected chi connectivity index (χ2v) is 8.72. The Morgan fingerprint density at radius 1 is 1.00 bits per heavy atom. The Labute approximate surface area is 178 Å². The Balaban J connectivity index is 1.56. The number of amides is 1. The normalized spacial score (nSPS) is 19.6. The molecule has 0 aromatic carbocycles. The van der Waals surface area contributed by atoms with Gasteiger partial charge < -0.3 is 20.4 Å². The first-order chi connectivity index (χ1) is 14.2. The van der Waals surface area contributed by atoms with Crippen LogP contribution in [0.1, 0.15) is 78.1 Å². The van der Waals surface area contributed by atoms with Crippen LogP contribution in [0.3, 0.4) is 0 Å².